The van der Waals surface area contributed by atoms with Gasteiger partial charge in [-0.25, -0.2) is 19.2 Å². The number of nitrogens with two attached hydrogens (primary N) is 1. The molecule has 1 heterocycles. The number of nitrogens with one attached hydrogen (secondary N) is 2. The molecule has 1 aliphatic rings. The third-order valence-electron chi connectivity index (χ3n) is 6.74. The highest BCUT2D eigenvalue weighted by atomic mass is 19.1. The lowest BCUT2D eigenvalue weighted by atomic mass is 9.91. The van der Waals surface area contributed by atoms with Gasteiger partial charge in [0, 0.05) is 35.6 Å². The van der Waals surface area contributed by atoms with Gasteiger partial charge in [-0.15, -0.1) is 0 Å². The average molecular weight is 544 g/mol. The molecule has 1 amide bonds. The number of amides is 1. The average Bonchev–Trinajstić information content (AvgIpc) is 2.90. The maximum absolute atomic E-state index is 14.6. The second kappa shape index (κ2) is 11.4. The van der Waals surface area contributed by atoms with Gasteiger partial charge in [0.05, 0.1) is 5.69 Å². The molecule has 0 radical (unpaired) electrons. The lowest BCUT2D eigenvalue weighted by molar-refractivity contribution is 0.0492. The Hall–Kier alpha value is -4.40. The molecule has 1 fully saturated rings. The summed E-state index contributed by atoms with van der Waals surface area (Å²) in [5.74, 6) is 0.510. The van der Waals surface area contributed by atoms with Crippen molar-refractivity contribution >= 4 is 28.5 Å². The number of aromatic nitrogens is 2. The van der Waals surface area contributed by atoms with Crippen molar-refractivity contribution in [1.82, 2.24) is 15.3 Å². The van der Waals surface area contributed by atoms with E-state index in [1.807, 2.05) is 63.2 Å². The van der Waals surface area contributed by atoms with Crippen LogP contribution >= 0.6 is 0 Å². The monoisotopic (exact) mass is 543 g/mol. The molecule has 4 aromatic rings. The molecule has 0 bridgehead atoms. The van der Waals surface area contributed by atoms with Crippen molar-refractivity contribution in [3.8, 4) is 22.8 Å². The van der Waals surface area contributed by atoms with Crippen LogP contribution in [0.1, 0.15) is 46.5 Å². The summed E-state index contributed by atoms with van der Waals surface area (Å²) >= 11 is 0. The molecule has 9 heteroatoms. The zero-order valence-corrected chi connectivity index (χ0v) is 22.9. The summed E-state index contributed by atoms with van der Waals surface area (Å²) < 4.78 is 26.1. The highest BCUT2D eigenvalue weighted by Crippen LogP contribution is 2.37. The number of carbonyl (C=O) groups is 1. The smallest absolute Gasteiger partial charge is 0.407 e. The van der Waals surface area contributed by atoms with E-state index >= 15 is 0 Å². The highest BCUT2D eigenvalue weighted by molar-refractivity contribution is 5.90. The fourth-order valence-corrected chi connectivity index (χ4v) is 4.84. The van der Waals surface area contributed by atoms with Crippen LogP contribution < -0.4 is 21.1 Å². The van der Waals surface area contributed by atoms with Gasteiger partial charge >= 0.3 is 6.09 Å². The summed E-state index contributed by atoms with van der Waals surface area (Å²) in [4.78, 5) is 21.3. The zero-order chi connectivity index (χ0) is 28.3. The van der Waals surface area contributed by atoms with Crippen LogP contribution in [0.2, 0.25) is 0 Å². The van der Waals surface area contributed by atoms with E-state index in [0.29, 0.717) is 28.6 Å². The van der Waals surface area contributed by atoms with Gasteiger partial charge in [0.25, 0.3) is 0 Å². The molecule has 8 nitrogen and oxygen atoms in total. The molecule has 1 aromatic heterocycles. The van der Waals surface area contributed by atoms with Crippen molar-refractivity contribution < 1.29 is 18.7 Å². The fraction of sp³-hybridized carbons (Fsp3) is 0.323. The fourth-order valence-electron chi connectivity index (χ4n) is 4.84. The van der Waals surface area contributed by atoms with Gasteiger partial charge in [-0.3, -0.25) is 0 Å². The summed E-state index contributed by atoms with van der Waals surface area (Å²) in [6.07, 6.45) is 4.68. The van der Waals surface area contributed by atoms with Gasteiger partial charge < -0.3 is 25.8 Å². The number of nitrogen functional groups attached to an aromatic ring is 1. The molecule has 0 atom stereocenters. The van der Waals surface area contributed by atoms with Crippen molar-refractivity contribution in [1.29, 1.82) is 0 Å². The number of halogens is 1. The van der Waals surface area contributed by atoms with Crippen LogP contribution in [0, 0.1) is 5.82 Å². The van der Waals surface area contributed by atoms with Crippen molar-refractivity contribution in [3.05, 3.63) is 72.7 Å². The molecule has 208 valence electrons. The number of carbonyl (C=O) groups excluding carboxylic acids is 1. The van der Waals surface area contributed by atoms with Gasteiger partial charge in [0.2, 0.25) is 5.95 Å². The van der Waals surface area contributed by atoms with Crippen molar-refractivity contribution in [2.75, 3.05) is 11.1 Å². The quantitative estimate of drug-likeness (QED) is 0.223. The summed E-state index contributed by atoms with van der Waals surface area (Å²) in [6.45, 7) is 5.56. The molecule has 1 aliphatic carbocycles. The summed E-state index contributed by atoms with van der Waals surface area (Å²) in [5.41, 5.74) is 6.88. The van der Waals surface area contributed by atoms with Crippen molar-refractivity contribution in [2.24, 2.45) is 0 Å². The van der Waals surface area contributed by atoms with E-state index in [1.54, 1.807) is 12.3 Å². The Kier molecular flexibility index (Phi) is 7.73. The first-order valence-electron chi connectivity index (χ1n) is 13.5. The van der Waals surface area contributed by atoms with Gasteiger partial charge in [0.15, 0.2) is 11.6 Å². The lowest BCUT2D eigenvalue weighted by Crippen LogP contribution is -2.42. The molecule has 0 saturated heterocycles. The number of hydrogen-bond donors (Lipinski definition) is 3. The first kappa shape index (κ1) is 27.2. The molecule has 5 rings (SSSR count). The standard InChI is InChI=1S/C31H34FN5O3/c1-31(2,3)40-30(38)36-23-11-9-22(10-12-23)35-29-34-15-14-26(37-29)24-16-19-6-4-5-7-20(19)17-28(24)39-27-13-8-21(33)18-25(27)32/h4-8,13-18,22-23H,9-12,33H2,1-3H3,(H,36,38)(H,34,35,37). The van der Waals surface area contributed by atoms with E-state index < -0.39 is 11.4 Å². The van der Waals surface area contributed by atoms with Gasteiger partial charge in [-0.2, -0.15) is 0 Å². The number of rotatable bonds is 6. The molecule has 40 heavy (non-hydrogen) atoms. The van der Waals surface area contributed by atoms with Crippen LogP contribution in [0.15, 0.2) is 66.9 Å². The van der Waals surface area contributed by atoms with Gasteiger partial charge in [-0.05, 0) is 87.6 Å². The van der Waals surface area contributed by atoms with Crippen LogP contribution in [0.4, 0.5) is 20.8 Å². The van der Waals surface area contributed by atoms with Crippen LogP contribution in [-0.4, -0.2) is 33.7 Å². The third-order valence-corrected chi connectivity index (χ3v) is 6.74. The first-order chi connectivity index (χ1) is 19.1. The minimum Gasteiger partial charge on any atom is -0.454 e. The minimum atomic E-state index is -0.541. The SMILES string of the molecule is CC(C)(C)OC(=O)NC1CCC(Nc2nccc(-c3cc4ccccc4cc3Oc3ccc(N)cc3F)n2)CC1. The Morgan fingerprint density at radius 1 is 0.950 bits per heavy atom. The largest absolute Gasteiger partial charge is 0.454 e. The van der Waals surface area contributed by atoms with E-state index in [-0.39, 0.29) is 23.9 Å². The maximum Gasteiger partial charge on any atom is 0.407 e. The Balaban J connectivity index is 1.33. The predicted octanol–water partition coefficient (Wildman–Crippen LogP) is 7.06. The van der Waals surface area contributed by atoms with Crippen LogP contribution in [0.25, 0.3) is 22.0 Å². The number of benzene rings is 3. The van der Waals surface area contributed by atoms with Crippen molar-refractivity contribution in [2.45, 2.75) is 64.1 Å². The normalized spacial score (nSPS) is 17.3. The van der Waals surface area contributed by atoms with Crippen LogP contribution in [0.5, 0.6) is 11.5 Å². The number of nitrogens with zero attached hydrogens (tertiary/aromatic N) is 2. The lowest BCUT2D eigenvalue weighted by Gasteiger charge is -2.30. The number of fused-ring (bicyclic) bond motifs is 1. The molecule has 0 spiro atoms. The predicted molar refractivity (Wildman–Crippen MR) is 155 cm³/mol. The van der Waals surface area contributed by atoms with Gasteiger partial charge in [0.1, 0.15) is 11.4 Å². The molecule has 0 unspecified atom stereocenters. The first-order valence-corrected chi connectivity index (χ1v) is 13.5. The number of hydrogen-bond acceptors (Lipinski definition) is 7. The van der Waals surface area contributed by atoms with E-state index in [1.165, 1.54) is 12.1 Å². The molecule has 3 aromatic carbocycles. The molecule has 4 N–H and O–H groups in total. The minimum absolute atomic E-state index is 0.0752. The molecular weight excluding hydrogens is 509 g/mol. The maximum atomic E-state index is 14.6. The van der Waals surface area contributed by atoms with Gasteiger partial charge in [-0.1, -0.05) is 24.3 Å². The van der Waals surface area contributed by atoms with Crippen LogP contribution in [0.3, 0.4) is 0 Å². The van der Waals surface area contributed by atoms with E-state index in [4.69, 9.17) is 20.2 Å². The number of alkyl carbamates (subject to hydrolysis) is 1. The summed E-state index contributed by atoms with van der Waals surface area (Å²) in [6, 6.07) is 18.2. The molecule has 1 saturated carbocycles. The second-order valence-corrected chi connectivity index (χ2v) is 11.1. The second-order valence-electron chi connectivity index (χ2n) is 11.1. The molecular formula is C31H34FN5O3. The Morgan fingerprint density at radius 3 is 2.35 bits per heavy atom. The van der Waals surface area contributed by atoms with Crippen molar-refractivity contribution in [3.63, 3.8) is 0 Å². The highest BCUT2D eigenvalue weighted by Gasteiger charge is 2.25. The Bertz CT molecular complexity index is 1510. The van der Waals surface area contributed by atoms with E-state index in [9.17, 15) is 9.18 Å². The Labute approximate surface area is 233 Å². The van der Waals surface area contributed by atoms with Crippen LogP contribution in [-0.2, 0) is 4.74 Å². The number of anilines is 2. The zero-order valence-electron chi connectivity index (χ0n) is 22.9. The number of ether oxygens (including phenoxy) is 2. The Morgan fingerprint density at radius 2 is 1.65 bits per heavy atom. The third kappa shape index (κ3) is 6.77. The van der Waals surface area contributed by atoms with E-state index in [2.05, 4.69) is 15.6 Å². The van der Waals surface area contributed by atoms with E-state index in [0.717, 1.165) is 36.5 Å². The summed E-state index contributed by atoms with van der Waals surface area (Å²) in [7, 11) is 0. The molecule has 0 aliphatic heterocycles. The topological polar surface area (TPSA) is 111 Å². The summed E-state index contributed by atoms with van der Waals surface area (Å²) in [5, 5.41) is 8.38.